The fourth-order valence-electron chi connectivity index (χ4n) is 2.64. The van der Waals surface area contributed by atoms with Gasteiger partial charge in [0.1, 0.15) is 16.3 Å². The summed E-state index contributed by atoms with van der Waals surface area (Å²) in [5, 5.41) is 15.2. The SMILES string of the molecule is O=C(O)c1cc(-c2cc(NCc3ccccn3)nc3[nH]ccc23)cs1. The van der Waals surface area contributed by atoms with Gasteiger partial charge < -0.3 is 15.4 Å². The Kier molecular flexibility index (Phi) is 3.91. The molecule has 6 nitrogen and oxygen atoms in total. The second-order valence-electron chi connectivity index (χ2n) is 5.47. The lowest BCUT2D eigenvalue weighted by Crippen LogP contribution is -2.03. The summed E-state index contributed by atoms with van der Waals surface area (Å²) in [6, 6.07) is 11.3. The number of fused-ring (bicyclic) bond motifs is 1. The maximum Gasteiger partial charge on any atom is 0.345 e. The van der Waals surface area contributed by atoms with Gasteiger partial charge in [0.2, 0.25) is 0 Å². The number of aromatic amines is 1. The van der Waals surface area contributed by atoms with Crippen molar-refractivity contribution in [2.75, 3.05) is 5.32 Å². The first-order valence-electron chi connectivity index (χ1n) is 7.65. The maximum atomic E-state index is 11.2. The number of hydrogen-bond acceptors (Lipinski definition) is 5. The van der Waals surface area contributed by atoms with Gasteiger partial charge in [-0.2, -0.15) is 0 Å². The topological polar surface area (TPSA) is 90.9 Å². The van der Waals surface area contributed by atoms with E-state index in [1.54, 1.807) is 12.3 Å². The number of anilines is 1. The van der Waals surface area contributed by atoms with Gasteiger partial charge >= 0.3 is 5.97 Å². The number of carbonyl (C=O) groups is 1. The third-order valence-corrected chi connectivity index (χ3v) is 4.74. The average molecular weight is 350 g/mol. The van der Waals surface area contributed by atoms with Gasteiger partial charge in [0.05, 0.1) is 12.2 Å². The molecule has 3 N–H and O–H groups in total. The number of nitrogens with zero attached hydrogens (tertiary/aromatic N) is 2. The van der Waals surface area contributed by atoms with E-state index in [1.165, 1.54) is 11.3 Å². The van der Waals surface area contributed by atoms with E-state index < -0.39 is 5.97 Å². The molecular formula is C18H14N4O2S. The molecule has 0 aromatic carbocycles. The normalized spacial score (nSPS) is 10.9. The van der Waals surface area contributed by atoms with Crippen LogP contribution in [0.15, 0.2) is 54.2 Å². The van der Waals surface area contributed by atoms with Crippen molar-refractivity contribution in [2.24, 2.45) is 0 Å². The molecule has 0 saturated heterocycles. The van der Waals surface area contributed by atoms with Crippen LogP contribution in [0.1, 0.15) is 15.4 Å². The minimum Gasteiger partial charge on any atom is -0.477 e. The molecule has 0 bridgehead atoms. The summed E-state index contributed by atoms with van der Waals surface area (Å²) in [7, 11) is 0. The minimum absolute atomic E-state index is 0.318. The predicted molar refractivity (Wildman–Crippen MR) is 97.9 cm³/mol. The molecule has 124 valence electrons. The number of aromatic nitrogens is 3. The van der Waals surface area contributed by atoms with Gasteiger partial charge in [-0.15, -0.1) is 11.3 Å². The van der Waals surface area contributed by atoms with E-state index in [0.29, 0.717) is 17.2 Å². The van der Waals surface area contributed by atoms with Gasteiger partial charge in [-0.1, -0.05) is 6.07 Å². The lowest BCUT2D eigenvalue weighted by molar-refractivity contribution is 0.0702. The van der Waals surface area contributed by atoms with E-state index >= 15 is 0 Å². The zero-order valence-electron chi connectivity index (χ0n) is 13.1. The fourth-order valence-corrected chi connectivity index (χ4v) is 3.39. The molecule has 0 aliphatic heterocycles. The predicted octanol–water partition coefficient (Wildman–Crippen LogP) is 4.00. The molecule has 0 spiro atoms. The summed E-state index contributed by atoms with van der Waals surface area (Å²) in [6.45, 7) is 0.559. The third kappa shape index (κ3) is 3.09. The van der Waals surface area contributed by atoms with E-state index in [4.69, 9.17) is 5.11 Å². The Morgan fingerprint density at radius 2 is 2.20 bits per heavy atom. The molecule has 0 saturated carbocycles. The van der Waals surface area contributed by atoms with Gasteiger partial charge in [0, 0.05) is 17.8 Å². The van der Waals surface area contributed by atoms with Crippen molar-refractivity contribution in [3.8, 4) is 11.1 Å². The van der Waals surface area contributed by atoms with E-state index in [0.717, 1.165) is 27.9 Å². The Hall–Kier alpha value is -3.19. The van der Waals surface area contributed by atoms with Crippen molar-refractivity contribution in [2.45, 2.75) is 6.54 Å². The lowest BCUT2D eigenvalue weighted by Gasteiger charge is -2.08. The molecule has 25 heavy (non-hydrogen) atoms. The minimum atomic E-state index is -0.913. The number of hydrogen-bond donors (Lipinski definition) is 3. The summed E-state index contributed by atoms with van der Waals surface area (Å²) in [4.78, 5) is 23.5. The molecular weight excluding hydrogens is 336 g/mol. The van der Waals surface area contributed by atoms with Crippen LogP contribution < -0.4 is 5.32 Å². The Morgan fingerprint density at radius 1 is 1.28 bits per heavy atom. The van der Waals surface area contributed by atoms with Gasteiger partial charge in [-0.3, -0.25) is 4.98 Å². The smallest absolute Gasteiger partial charge is 0.345 e. The largest absolute Gasteiger partial charge is 0.477 e. The molecule has 0 radical (unpaired) electrons. The van der Waals surface area contributed by atoms with Crippen LogP contribution in [0.25, 0.3) is 22.2 Å². The van der Waals surface area contributed by atoms with Crippen molar-refractivity contribution in [3.05, 3.63) is 64.7 Å². The maximum absolute atomic E-state index is 11.2. The number of nitrogens with one attached hydrogen (secondary N) is 2. The van der Waals surface area contributed by atoms with Crippen LogP contribution >= 0.6 is 11.3 Å². The number of thiophene rings is 1. The van der Waals surface area contributed by atoms with Crippen LogP contribution in [-0.4, -0.2) is 26.0 Å². The van der Waals surface area contributed by atoms with Crippen LogP contribution in [-0.2, 0) is 6.54 Å². The molecule has 0 aliphatic carbocycles. The summed E-state index contributed by atoms with van der Waals surface area (Å²) in [5.74, 6) is -0.206. The van der Waals surface area contributed by atoms with Crippen LogP contribution in [0.5, 0.6) is 0 Å². The van der Waals surface area contributed by atoms with E-state index in [2.05, 4.69) is 20.3 Å². The number of carboxylic acids is 1. The Balaban J connectivity index is 1.70. The van der Waals surface area contributed by atoms with Gasteiger partial charge in [-0.25, -0.2) is 9.78 Å². The molecule has 0 fully saturated rings. The van der Waals surface area contributed by atoms with Crippen LogP contribution in [0.4, 0.5) is 5.82 Å². The van der Waals surface area contributed by atoms with Crippen LogP contribution in [0, 0.1) is 0 Å². The molecule has 0 amide bonds. The summed E-state index contributed by atoms with van der Waals surface area (Å²) in [6.07, 6.45) is 3.58. The second kappa shape index (κ2) is 6.37. The number of pyridine rings is 2. The van der Waals surface area contributed by atoms with Crippen LogP contribution in [0.3, 0.4) is 0 Å². The van der Waals surface area contributed by atoms with Crippen LogP contribution in [0.2, 0.25) is 0 Å². The number of carboxylic acid groups (broad SMARTS) is 1. The molecule has 4 heterocycles. The monoisotopic (exact) mass is 350 g/mol. The highest BCUT2D eigenvalue weighted by Gasteiger charge is 2.13. The van der Waals surface area contributed by atoms with Gasteiger partial charge in [-0.05, 0) is 46.8 Å². The highest BCUT2D eigenvalue weighted by Crippen LogP contribution is 2.33. The Labute approximate surface area is 147 Å². The highest BCUT2D eigenvalue weighted by atomic mass is 32.1. The van der Waals surface area contributed by atoms with Gasteiger partial charge in [0.25, 0.3) is 0 Å². The molecule has 0 unspecified atom stereocenters. The first-order valence-corrected chi connectivity index (χ1v) is 8.53. The lowest BCUT2D eigenvalue weighted by atomic mass is 10.1. The Bertz CT molecular complexity index is 1040. The average Bonchev–Trinajstić information content (AvgIpc) is 3.29. The van der Waals surface area contributed by atoms with Crippen molar-refractivity contribution in [1.29, 1.82) is 0 Å². The number of aromatic carboxylic acids is 1. The van der Waals surface area contributed by atoms with E-state index in [-0.39, 0.29) is 0 Å². The summed E-state index contributed by atoms with van der Waals surface area (Å²) >= 11 is 1.22. The molecule has 0 atom stereocenters. The zero-order chi connectivity index (χ0) is 17.2. The molecule has 4 rings (SSSR count). The first-order chi connectivity index (χ1) is 12.2. The summed E-state index contributed by atoms with van der Waals surface area (Å²) in [5.41, 5.74) is 3.49. The standard InChI is InChI=1S/C18H14N4O2S/c23-18(24)15-7-11(10-25-15)14-8-16(22-17-13(14)4-6-20-17)21-9-12-3-1-2-5-19-12/h1-8,10H,9H2,(H,23,24)(H2,20,21,22). The first kappa shape index (κ1) is 15.3. The quantitative estimate of drug-likeness (QED) is 0.506. The number of H-pyrrole nitrogens is 1. The van der Waals surface area contributed by atoms with E-state index in [9.17, 15) is 4.79 Å². The van der Waals surface area contributed by atoms with Crippen molar-refractivity contribution in [1.82, 2.24) is 15.0 Å². The molecule has 7 heteroatoms. The molecule has 4 aromatic rings. The van der Waals surface area contributed by atoms with Crippen molar-refractivity contribution in [3.63, 3.8) is 0 Å². The van der Waals surface area contributed by atoms with E-state index in [1.807, 2.05) is 41.9 Å². The van der Waals surface area contributed by atoms with Crippen molar-refractivity contribution < 1.29 is 9.90 Å². The summed E-state index contributed by atoms with van der Waals surface area (Å²) < 4.78 is 0. The second-order valence-corrected chi connectivity index (χ2v) is 6.39. The molecule has 4 aromatic heterocycles. The highest BCUT2D eigenvalue weighted by molar-refractivity contribution is 7.12. The molecule has 0 aliphatic rings. The van der Waals surface area contributed by atoms with Crippen molar-refractivity contribution >= 4 is 34.2 Å². The zero-order valence-corrected chi connectivity index (χ0v) is 13.9. The Morgan fingerprint density at radius 3 is 2.96 bits per heavy atom. The number of rotatable bonds is 5. The van der Waals surface area contributed by atoms with Gasteiger partial charge in [0.15, 0.2) is 0 Å². The third-order valence-electron chi connectivity index (χ3n) is 3.83. The fraction of sp³-hybridized carbons (Fsp3) is 0.0556.